The van der Waals surface area contributed by atoms with Crippen molar-refractivity contribution in [2.75, 3.05) is 52.4 Å². The Morgan fingerprint density at radius 3 is 2.28 bits per heavy atom. The van der Waals surface area contributed by atoms with Gasteiger partial charge in [0.2, 0.25) is 11.5 Å². The van der Waals surface area contributed by atoms with Gasteiger partial charge in [-0.1, -0.05) is 0 Å². The van der Waals surface area contributed by atoms with Crippen molar-refractivity contribution < 1.29 is 23.9 Å². The number of nitro groups is 1. The predicted octanol–water partition coefficient (Wildman–Crippen LogP) is 2.84. The van der Waals surface area contributed by atoms with Crippen molar-refractivity contribution in [1.29, 1.82) is 5.26 Å². The zero-order valence-electron chi connectivity index (χ0n) is 18.2. The molecule has 0 atom stereocenters. The number of hydrogen-bond donors (Lipinski definition) is 0. The maximum Gasteiger partial charge on any atom is 0.327 e. The lowest BCUT2D eigenvalue weighted by Gasteiger charge is -2.24. The first-order valence-corrected chi connectivity index (χ1v) is 9.96. The van der Waals surface area contributed by atoms with Crippen LogP contribution in [-0.4, -0.2) is 63.2 Å². The van der Waals surface area contributed by atoms with Crippen LogP contribution in [0.1, 0.15) is 22.3 Å². The number of carbonyl (C=O) groups excluding carboxylic acids is 1. The summed E-state index contributed by atoms with van der Waals surface area (Å²) in [5.74, 6) is -0.402. The van der Waals surface area contributed by atoms with Gasteiger partial charge in [0.15, 0.2) is 5.75 Å². The molecule has 0 bridgehead atoms. The van der Waals surface area contributed by atoms with E-state index in [-0.39, 0.29) is 22.8 Å². The summed E-state index contributed by atoms with van der Waals surface area (Å²) in [6.07, 6.45) is 0.684. The van der Waals surface area contributed by atoms with Crippen molar-refractivity contribution in [3.05, 3.63) is 51.6 Å². The molecular formula is C22H24N4O6. The SMILES string of the molecule is COc1cc(C(=O)N2CCCN(c3ccc(C#N)cc3)CC2)c([N+](=O)[O-])c(OC)c1OC. The zero-order valence-corrected chi connectivity index (χ0v) is 18.2. The van der Waals surface area contributed by atoms with Gasteiger partial charge in [0.1, 0.15) is 5.56 Å². The van der Waals surface area contributed by atoms with Crippen molar-refractivity contribution in [2.45, 2.75) is 6.42 Å². The summed E-state index contributed by atoms with van der Waals surface area (Å²) >= 11 is 0. The highest BCUT2D eigenvalue weighted by atomic mass is 16.6. The fraction of sp³-hybridized carbons (Fsp3) is 0.364. The fourth-order valence-corrected chi connectivity index (χ4v) is 3.78. The molecule has 0 N–H and O–H groups in total. The van der Waals surface area contributed by atoms with Crippen LogP contribution < -0.4 is 19.1 Å². The van der Waals surface area contributed by atoms with Crippen LogP contribution in [0.15, 0.2) is 30.3 Å². The monoisotopic (exact) mass is 440 g/mol. The third-order valence-corrected chi connectivity index (χ3v) is 5.36. The number of ether oxygens (including phenoxy) is 3. The molecule has 1 aliphatic heterocycles. The van der Waals surface area contributed by atoms with Crippen LogP contribution in [0.4, 0.5) is 11.4 Å². The first kappa shape index (κ1) is 22.7. The molecular weight excluding hydrogens is 416 g/mol. The number of nitrogens with zero attached hydrogens (tertiary/aromatic N) is 4. The highest BCUT2D eigenvalue weighted by Gasteiger charge is 2.34. The van der Waals surface area contributed by atoms with E-state index in [4.69, 9.17) is 19.5 Å². The molecule has 10 heteroatoms. The molecule has 0 aliphatic carbocycles. The third kappa shape index (κ3) is 4.37. The van der Waals surface area contributed by atoms with E-state index in [9.17, 15) is 14.9 Å². The maximum atomic E-state index is 13.4. The molecule has 0 unspecified atom stereocenters. The van der Waals surface area contributed by atoms with Gasteiger partial charge in [-0.2, -0.15) is 5.26 Å². The molecule has 1 fully saturated rings. The molecule has 3 rings (SSSR count). The minimum Gasteiger partial charge on any atom is -0.493 e. The Hall–Kier alpha value is -4.00. The summed E-state index contributed by atoms with van der Waals surface area (Å²) in [4.78, 5) is 28.3. The standard InChI is InChI=1S/C22H24N4O6/c1-30-18-13-17(19(26(28)29)21(32-3)20(18)31-2)22(27)25-10-4-9-24(11-12-25)16-7-5-15(14-23)6-8-16/h5-8,13H,4,9-12H2,1-3H3. The van der Waals surface area contributed by atoms with Crippen LogP contribution in [0, 0.1) is 21.4 Å². The Kier molecular flexibility index (Phi) is 7.00. The van der Waals surface area contributed by atoms with Crippen LogP contribution in [0.3, 0.4) is 0 Å². The van der Waals surface area contributed by atoms with Gasteiger partial charge < -0.3 is 24.0 Å². The van der Waals surface area contributed by atoms with Crippen molar-refractivity contribution in [1.82, 2.24) is 4.90 Å². The zero-order chi connectivity index (χ0) is 23.3. The summed E-state index contributed by atoms with van der Waals surface area (Å²) in [6.45, 7) is 2.09. The molecule has 0 radical (unpaired) electrons. The number of carbonyl (C=O) groups is 1. The average Bonchev–Trinajstić information content (AvgIpc) is 3.08. The molecule has 1 aliphatic rings. The van der Waals surface area contributed by atoms with Gasteiger partial charge in [-0.3, -0.25) is 14.9 Å². The molecule has 0 saturated carbocycles. The smallest absolute Gasteiger partial charge is 0.327 e. The summed E-state index contributed by atoms with van der Waals surface area (Å²) < 4.78 is 15.7. The highest BCUT2D eigenvalue weighted by molar-refractivity contribution is 6.00. The Labute approximate surface area is 185 Å². The second kappa shape index (κ2) is 9.87. The number of benzene rings is 2. The van der Waals surface area contributed by atoms with E-state index in [1.165, 1.54) is 27.4 Å². The van der Waals surface area contributed by atoms with Crippen LogP contribution in [-0.2, 0) is 0 Å². The summed E-state index contributed by atoms with van der Waals surface area (Å²) in [6, 6.07) is 10.7. The normalized spacial score (nSPS) is 13.7. The summed E-state index contributed by atoms with van der Waals surface area (Å²) in [7, 11) is 4.01. The van der Waals surface area contributed by atoms with Crippen molar-refractivity contribution in [3.63, 3.8) is 0 Å². The lowest BCUT2D eigenvalue weighted by Crippen LogP contribution is -2.35. The number of amides is 1. The fourth-order valence-electron chi connectivity index (χ4n) is 3.78. The van der Waals surface area contributed by atoms with Gasteiger partial charge in [0.25, 0.3) is 5.91 Å². The van der Waals surface area contributed by atoms with Crippen LogP contribution >= 0.6 is 0 Å². The molecule has 1 saturated heterocycles. The Bertz CT molecular complexity index is 1050. The van der Waals surface area contributed by atoms with Gasteiger partial charge in [0.05, 0.1) is 37.9 Å². The van der Waals surface area contributed by atoms with Gasteiger partial charge in [0, 0.05) is 37.9 Å². The molecule has 0 aromatic heterocycles. The summed E-state index contributed by atoms with van der Waals surface area (Å²) in [5, 5.41) is 20.8. The molecule has 1 heterocycles. The Morgan fingerprint density at radius 1 is 1.03 bits per heavy atom. The first-order valence-electron chi connectivity index (χ1n) is 9.96. The van der Waals surface area contributed by atoms with Crippen molar-refractivity contribution in [2.24, 2.45) is 0 Å². The van der Waals surface area contributed by atoms with E-state index in [0.29, 0.717) is 38.2 Å². The van der Waals surface area contributed by atoms with Gasteiger partial charge in [-0.25, -0.2) is 0 Å². The second-order valence-electron chi connectivity index (χ2n) is 7.09. The topological polar surface area (TPSA) is 118 Å². The molecule has 2 aromatic rings. The van der Waals surface area contributed by atoms with E-state index < -0.39 is 16.5 Å². The van der Waals surface area contributed by atoms with Gasteiger partial charge in [-0.15, -0.1) is 0 Å². The predicted molar refractivity (Wildman–Crippen MR) is 117 cm³/mol. The van der Waals surface area contributed by atoms with E-state index in [0.717, 1.165) is 5.69 Å². The minimum atomic E-state index is -0.644. The second-order valence-corrected chi connectivity index (χ2v) is 7.09. The van der Waals surface area contributed by atoms with Crippen molar-refractivity contribution >= 4 is 17.3 Å². The van der Waals surface area contributed by atoms with E-state index >= 15 is 0 Å². The Morgan fingerprint density at radius 2 is 1.72 bits per heavy atom. The van der Waals surface area contributed by atoms with E-state index in [2.05, 4.69) is 11.0 Å². The minimum absolute atomic E-state index is 0.0566. The number of methoxy groups -OCH3 is 3. The lowest BCUT2D eigenvalue weighted by atomic mass is 10.1. The highest BCUT2D eigenvalue weighted by Crippen LogP contribution is 2.46. The van der Waals surface area contributed by atoms with Gasteiger partial charge in [-0.05, 0) is 30.7 Å². The van der Waals surface area contributed by atoms with E-state index in [1.807, 2.05) is 12.1 Å². The molecule has 168 valence electrons. The lowest BCUT2D eigenvalue weighted by molar-refractivity contribution is -0.386. The van der Waals surface area contributed by atoms with Crippen LogP contribution in [0.5, 0.6) is 17.2 Å². The van der Waals surface area contributed by atoms with Gasteiger partial charge >= 0.3 is 5.69 Å². The molecule has 32 heavy (non-hydrogen) atoms. The number of anilines is 1. The van der Waals surface area contributed by atoms with E-state index in [1.54, 1.807) is 17.0 Å². The number of hydrogen-bond acceptors (Lipinski definition) is 8. The number of nitriles is 1. The largest absolute Gasteiger partial charge is 0.493 e. The van der Waals surface area contributed by atoms with Crippen molar-refractivity contribution in [3.8, 4) is 23.3 Å². The molecule has 10 nitrogen and oxygen atoms in total. The summed E-state index contributed by atoms with van der Waals surface area (Å²) in [5.41, 5.74) is 0.965. The Balaban J connectivity index is 1.90. The number of nitro benzene ring substituents is 1. The van der Waals surface area contributed by atoms with Crippen LogP contribution in [0.2, 0.25) is 0 Å². The maximum absolute atomic E-state index is 13.4. The average molecular weight is 440 g/mol. The number of rotatable bonds is 6. The van der Waals surface area contributed by atoms with Crippen LogP contribution in [0.25, 0.3) is 0 Å². The first-order chi connectivity index (χ1) is 15.4. The molecule has 2 aromatic carbocycles. The molecule has 0 spiro atoms. The third-order valence-electron chi connectivity index (χ3n) is 5.36. The quantitative estimate of drug-likeness (QED) is 0.497. The molecule has 1 amide bonds.